The number of piperidine rings is 1. The Balaban J connectivity index is 1.33. The molecule has 24 heavy (non-hydrogen) atoms. The quantitative estimate of drug-likeness (QED) is 0.836. The molecule has 0 radical (unpaired) electrons. The first-order valence-corrected chi connectivity index (χ1v) is 9.95. The molecule has 1 amide bonds. The van der Waals surface area contributed by atoms with Crippen molar-refractivity contribution >= 4 is 5.91 Å². The summed E-state index contributed by atoms with van der Waals surface area (Å²) in [4.78, 5) is 14.6. The molecule has 2 heterocycles. The third-order valence-corrected chi connectivity index (χ3v) is 5.91. The van der Waals surface area contributed by atoms with Crippen LogP contribution in [0.1, 0.15) is 58.3 Å². The second-order valence-electron chi connectivity index (χ2n) is 7.86. The lowest BCUT2D eigenvalue weighted by atomic mass is 9.86. The summed E-state index contributed by atoms with van der Waals surface area (Å²) in [5.74, 6) is 0.832. The molecule has 0 aromatic heterocycles. The van der Waals surface area contributed by atoms with Gasteiger partial charge in [0.1, 0.15) is 0 Å². The highest BCUT2D eigenvalue weighted by Gasteiger charge is 2.27. The van der Waals surface area contributed by atoms with E-state index >= 15 is 0 Å². The van der Waals surface area contributed by atoms with Crippen molar-refractivity contribution < 1.29 is 14.3 Å². The molecule has 3 aliphatic rings. The van der Waals surface area contributed by atoms with E-state index in [1.807, 2.05) is 0 Å². The van der Waals surface area contributed by atoms with E-state index in [-0.39, 0.29) is 5.91 Å². The summed E-state index contributed by atoms with van der Waals surface area (Å²) >= 11 is 0. The van der Waals surface area contributed by atoms with Gasteiger partial charge in [-0.3, -0.25) is 9.69 Å². The monoisotopic (exact) mass is 338 g/mol. The molecule has 3 fully saturated rings. The van der Waals surface area contributed by atoms with Gasteiger partial charge < -0.3 is 14.8 Å². The summed E-state index contributed by atoms with van der Waals surface area (Å²) < 4.78 is 11.6. The first kappa shape index (κ1) is 18.2. The Morgan fingerprint density at radius 1 is 1.04 bits per heavy atom. The Morgan fingerprint density at radius 3 is 2.42 bits per heavy atom. The standard InChI is InChI=1S/C19H34N2O3/c1-15-4-2-3-5-18(15)20-19(22)14-21-10-6-16(7-11-21)24-17-8-12-23-13-9-17/h15-18H,2-14H2,1H3,(H,20,22)/t15-,18-/m1/s1. The van der Waals surface area contributed by atoms with Crippen LogP contribution >= 0.6 is 0 Å². The van der Waals surface area contributed by atoms with Crippen molar-refractivity contribution in [2.75, 3.05) is 32.8 Å². The van der Waals surface area contributed by atoms with Crippen LogP contribution in [0.2, 0.25) is 0 Å². The van der Waals surface area contributed by atoms with Gasteiger partial charge in [-0.15, -0.1) is 0 Å². The number of carbonyl (C=O) groups excluding carboxylic acids is 1. The summed E-state index contributed by atoms with van der Waals surface area (Å²) in [5, 5.41) is 3.27. The number of ether oxygens (including phenoxy) is 2. The maximum absolute atomic E-state index is 12.3. The lowest BCUT2D eigenvalue weighted by Crippen LogP contribution is -2.48. The number of hydrogen-bond donors (Lipinski definition) is 1. The highest BCUT2D eigenvalue weighted by atomic mass is 16.5. The summed E-state index contributed by atoms with van der Waals surface area (Å²) in [6.07, 6.45) is 9.86. The van der Waals surface area contributed by atoms with E-state index in [1.165, 1.54) is 19.3 Å². The van der Waals surface area contributed by atoms with Gasteiger partial charge in [0, 0.05) is 32.3 Å². The van der Waals surface area contributed by atoms with Gasteiger partial charge in [-0.2, -0.15) is 0 Å². The van der Waals surface area contributed by atoms with Crippen LogP contribution in [0.5, 0.6) is 0 Å². The number of rotatable bonds is 5. The lowest BCUT2D eigenvalue weighted by Gasteiger charge is -2.35. The normalized spacial score (nSPS) is 31.0. The molecule has 0 spiro atoms. The summed E-state index contributed by atoms with van der Waals surface area (Å²) in [7, 11) is 0. The minimum Gasteiger partial charge on any atom is -0.381 e. The number of nitrogens with one attached hydrogen (secondary N) is 1. The molecule has 1 aliphatic carbocycles. The highest BCUT2D eigenvalue weighted by molar-refractivity contribution is 5.78. The first-order valence-electron chi connectivity index (χ1n) is 9.95. The van der Waals surface area contributed by atoms with E-state index in [0.717, 1.165) is 58.4 Å². The van der Waals surface area contributed by atoms with Gasteiger partial charge in [0.05, 0.1) is 18.8 Å². The maximum atomic E-state index is 12.3. The van der Waals surface area contributed by atoms with E-state index in [9.17, 15) is 4.79 Å². The molecule has 0 unspecified atom stereocenters. The zero-order chi connectivity index (χ0) is 16.8. The molecule has 1 saturated carbocycles. The van der Waals surface area contributed by atoms with E-state index in [2.05, 4.69) is 17.1 Å². The molecular weight excluding hydrogens is 304 g/mol. The smallest absolute Gasteiger partial charge is 0.234 e. The highest BCUT2D eigenvalue weighted by Crippen LogP contribution is 2.24. The van der Waals surface area contributed by atoms with E-state index in [4.69, 9.17) is 9.47 Å². The largest absolute Gasteiger partial charge is 0.381 e. The fourth-order valence-electron chi connectivity index (χ4n) is 4.27. The van der Waals surface area contributed by atoms with Crippen LogP contribution in [0.4, 0.5) is 0 Å². The fourth-order valence-corrected chi connectivity index (χ4v) is 4.27. The Morgan fingerprint density at radius 2 is 1.71 bits per heavy atom. The predicted octanol–water partition coefficient (Wildman–Crippen LogP) is 2.34. The van der Waals surface area contributed by atoms with Gasteiger partial charge in [-0.1, -0.05) is 19.8 Å². The van der Waals surface area contributed by atoms with Crippen LogP contribution in [0.3, 0.4) is 0 Å². The zero-order valence-corrected chi connectivity index (χ0v) is 15.2. The molecule has 0 aromatic carbocycles. The molecule has 138 valence electrons. The molecule has 2 saturated heterocycles. The maximum Gasteiger partial charge on any atom is 0.234 e. The molecule has 1 N–H and O–H groups in total. The van der Waals surface area contributed by atoms with Gasteiger partial charge >= 0.3 is 0 Å². The molecule has 5 nitrogen and oxygen atoms in total. The molecule has 5 heteroatoms. The SMILES string of the molecule is C[C@@H]1CCCC[C@H]1NC(=O)CN1CCC(OC2CCOCC2)CC1. The van der Waals surface area contributed by atoms with E-state index in [1.54, 1.807) is 0 Å². The van der Waals surface area contributed by atoms with Crippen LogP contribution in [-0.4, -0.2) is 61.9 Å². The fraction of sp³-hybridized carbons (Fsp3) is 0.947. The summed E-state index contributed by atoms with van der Waals surface area (Å²) in [5.41, 5.74) is 0. The number of nitrogens with zero attached hydrogens (tertiary/aromatic N) is 1. The third kappa shape index (κ3) is 5.43. The Bertz CT molecular complexity index is 390. The number of amides is 1. The van der Waals surface area contributed by atoms with Gasteiger partial charge in [0.15, 0.2) is 0 Å². The van der Waals surface area contributed by atoms with Crippen molar-refractivity contribution in [3.05, 3.63) is 0 Å². The van der Waals surface area contributed by atoms with E-state index in [0.29, 0.717) is 30.7 Å². The predicted molar refractivity (Wildman–Crippen MR) is 94.0 cm³/mol. The van der Waals surface area contributed by atoms with Gasteiger partial charge in [-0.25, -0.2) is 0 Å². The van der Waals surface area contributed by atoms with Crippen LogP contribution in [-0.2, 0) is 14.3 Å². The molecule has 3 rings (SSSR count). The Hall–Kier alpha value is -0.650. The molecular formula is C19H34N2O3. The third-order valence-electron chi connectivity index (χ3n) is 5.91. The van der Waals surface area contributed by atoms with Crippen LogP contribution < -0.4 is 5.32 Å². The number of hydrogen-bond acceptors (Lipinski definition) is 4. The molecule has 0 aromatic rings. The summed E-state index contributed by atoms with van der Waals surface area (Å²) in [6, 6.07) is 0.389. The molecule has 2 aliphatic heterocycles. The van der Waals surface area contributed by atoms with E-state index < -0.39 is 0 Å². The van der Waals surface area contributed by atoms with Gasteiger partial charge in [0.2, 0.25) is 5.91 Å². The van der Waals surface area contributed by atoms with Crippen molar-refractivity contribution in [3.8, 4) is 0 Å². The second kappa shape index (κ2) is 9.16. The molecule has 2 atom stereocenters. The second-order valence-corrected chi connectivity index (χ2v) is 7.86. The Kier molecular flexibility index (Phi) is 6.93. The lowest BCUT2D eigenvalue weighted by molar-refractivity contribution is -0.125. The van der Waals surface area contributed by atoms with Gasteiger partial charge in [0.25, 0.3) is 0 Å². The minimum atomic E-state index is 0.206. The van der Waals surface area contributed by atoms with Gasteiger partial charge in [-0.05, 0) is 44.4 Å². The van der Waals surface area contributed by atoms with Crippen LogP contribution in [0.25, 0.3) is 0 Å². The van der Waals surface area contributed by atoms with Crippen LogP contribution in [0, 0.1) is 5.92 Å². The topological polar surface area (TPSA) is 50.8 Å². The number of carbonyl (C=O) groups is 1. The molecule has 0 bridgehead atoms. The average molecular weight is 338 g/mol. The zero-order valence-electron chi connectivity index (χ0n) is 15.2. The van der Waals surface area contributed by atoms with Crippen molar-refractivity contribution in [1.29, 1.82) is 0 Å². The van der Waals surface area contributed by atoms with Crippen molar-refractivity contribution in [2.45, 2.75) is 76.5 Å². The average Bonchev–Trinajstić information content (AvgIpc) is 2.60. The van der Waals surface area contributed by atoms with Crippen molar-refractivity contribution in [3.63, 3.8) is 0 Å². The first-order chi connectivity index (χ1) is 11.7. The Labute approximate surface area is 146 Å². The minimum absolute atomic E-state index is 0.206. The van der Waals surface area contributed by atoms with Crippen LogP contribution in [0.15, 0.2) is 0 Å². The van der Waals surface area contributed by atoms with Crippen molar-refractivity contribution in [2.24, 2.45) is 5.92 Å². The van der Waals surface area contributed by atoms with Crippen molar-refractivity contribution in [1.82, 2.24) is 10.2 Å². The number of likely N-dealkylation sites (tertiary alicyclic amines) is 1. The summed E-state index contributed by atoms with van der Waals surface area (Å²) in [6.45, 7) is 6.44.